The number of ketones is 1. The van der Waals surface area contributed by atoms with Gasteiger partial charge in [0.15, 0.2) is 5.78 Å². The van der Waals surface area contributed by atoms with Crippen molar-refractivity contribution in [1.82, 2.24) is 9.47 Å². The van der Waals surface area contributed by atoms with Gasteiger partial charge in [0.05, 0.1) is 0 Å². The van der Waals surface area contributed by atoms with E-state index in [0.29, 0.717) is 12.3 Å². The minimum atomic E-state index is 0.207. The molecule has 28 heavy (non-hydrogen) atoms. The molecule has 0 saturated heterocycles. The Kier molecular flexibility index (Phi) is 6.53. The maximum atomic E-state index is 12.2. The molecule has 1 N–H and O–H groups in total. The third-order valence-corrected chi connectivity index (χ3v) is 4.86. The number of benzene rings is 2. The molecule has 4 nitrogen and oxygen atoms in total. The van der Waals surface area contributed by atoms with E-state index < -0.39 is 0 Å². The summed E-state index contributed by atoms with van der Waals surface area (Å²) in [5.41, 5.74) is 4.09. The van der Waals surface area contributed by atoms with Crippen LogP contribution in [0.5, 0.6) is 0 Å². The fourth-order valence-electron chi connectivity index (χ4n) is 3.42. The molecular formula is C24H31N3O. The number of aryl methyl sites for hydroxylation is 1. The first-order valence-corrected chi connectivity index (χ1v) is 10.1. The van der Waals surface area contributed by atoms with Crippen molar-refractivity contribution < 1.29 is 4.79 Å². The van der Waals surface area contributed by atoms with E-state index in [1.807, 2.05) is 24.3 Å². The highest BCUT2D eigenvalue weighted by molar-refractivity contribution is 5.96. The van der Waals surface area contributed by atoms with Crippen LogP contribution in [0.4, 0.5) is 11.4 Å². The first kappa shape index (κ1) is 20.2. The lowest BCUT2D eigenvalue weighted by molar-refractivity contribution is 0.0968. The van der Waals surface area contributed by atoms with Gasteiger partial charge in [0.25, 0.3) is 0 Å². The molecule has 0 bridgehead atoms. The number of rotatable bonds is 9. The monoisotopic (exact) mass is 377 g/mol. The lowest BCUT2D eigenvalue weighted by atomic mass is 10.0. The van der Waals surface area contributed by atoms with Crippen LogP contribution in [0, 0.1) is 5.92 Å². The first-order chi connectivity index (χ1) is 13.4. The number of hydrogen-bond donors (Lipinski definition) is 1. The molecule has 1 heterocycles. The Morgan fingerprint density at radius 1 is 1.04 bits per heavy atom. The molecule has 0 aliphatic rings. The van der Waals surface area contributed by atoms with Gasteiger partial charge in [-0.15, -0.1) is 0 Å². The van der Waals surface area contributed by atoms with E-state index in [0.717, 1.165) is 36.4 Å². The van der Waals surface area contributed by atoms with Crippen molar-refractivity contribution in [2.75, 3.05) is 26.0 Å². The van der Waals surface area contributed by atoms with Gasteiger partial charge >= 0.3 is 0 Å². The number of hydrogen-bond acceptors (Lipinski definition) is 3. The Balaban J connectivity index is 1.67. The average Bonchev–Trinajstić information content (AvgIpc) is 3.04. The van der Waals surface area contributed by atoms with Gasteiger partial charge in [0.1, 0.15) is 0 Å². The van der Waals surface area contributed by atoms with Crippen molar-refractivity contribution in [3.63, 3.8) is 0 Å². The molecule has 0 aliphatic carbocycles. The minimum absolute atomic E-state index is 0.207. The van der Waals surface area contributed by atoms with E-state index in [2.05, 4.69) is 73.2 Å². The van der Waals surface area contributed by atoms with Crippen LogP contribution >= 0.6 is 0 Å². The molecule has 0 amide bonds. The van der Waals surface area contributed by atoms with Gasteiger partial charge in [-0.05, 0) is 81.5 Å². The maximum absolute atomic E-state index is 12.2. The predicted molar refractivity (Wildman–Crippen MR) is 119 cm³/mol. The van der Waals surface area contributed by atoms with E-state index in [1.165, 1.54) is 10.9 Å². The zero-order chi connectivity index (χ0) is 20.1. The van der Waals surface area contributed by atoms with Gasteiger partial charge in [0.2, 0.25) is 0 Å². The smallest absolute Gasteiger partial charge is 0.163 e. The number of Topliss-reactive ketones (excluding diaryl/α,β-unsaturated/α-hetero) is 1. The van der Waals surface area contributed by atoms with Crippen molar-refractivity contribution >= 4 is 28.1 Å². The molecule has 4 heteroatoms. The number of aromatic nitrogens is 1. The Labute approximate surface area is 168 Å². The zero-order valence-corrected chi connectivity index (χ0v) is 17.4. The van der Waals surface area contributed by atoms with Crippen molar-refractivity contribution in [3.8, 4) is 0 Å². The quantitative estimate of drug-likeness (QED) is 0.496. The standard InChI is InChI=1S/C24H31N3O/c1-18(2)16-24(28)19-6-8-21(9-7-19)25-22-10-11-23-20(17-22)12-15-27(23)14-5-13-26(3)4/h6-12,15,17-18,25H,5,13-14,16H2,1-4H3. The number of nitrogens with one attached hydrogen (secondary N) is 1. The molecule has 0 spiro atoms. The highest BCUT2D eigenvalue weighted by Gasteiger charge is 2.08. The second kappa shape index (κ2) is 9.07. The van der Waals surface area contributed by atoms with Crippen LogP contribution in [-0.2, 0) is 6.54 Å². The van der Waals surface area contributed by atoms with Crippen molar-refractivity contribution in [2.45, 2.75) is 33.2 Å². The molecule has 0 saturated carbocycles. The van der Waals surface area contributed by atoms with E-state index in [9.17, 15) is 4.79 Å². The molecular weight excluding hydrogens is 346 g/mol. The summed E-state index contributed by atoms with van der Waals surface area (Å²) < 4.78 is 2.32. The number of nitrogens with zero attached hydrogens (tertiary/aromatic N) is 2. The van der Waals surface area contributed by atoms with Crippen LogP contribution in [0.3, 0.4) is 0 Å². The first-order valence-electron chi connectivity index (χ1n) is 10.1. The van der Waals surface area contributed by atoms with Crippen LogP contribution < -0.4 is 5.32 Å². The molecule has 0 aliphatic heterocycles. The summed E-state index contributed by atoms with van der Waals surface area (Å²) in [6.45, 7) is 6.26. The van der Waals surface area contributed by atoms with Crippen LogP contribution in [0.2, 0.25) is 0 Å². The van der Waals surface area contributed by atoms with Crippen molar-refractivity contribution in [3.05, 3.63) is 60.3 Å². The molecule has 1 aromatic heterocycles. The second-order valence-electron chi connectivity index (χ2n) is 8.16. The molecule has 3 rings (SSSR count). The summed E-state index contributed by atoms with van der Waals surface area (Å²) in [5.74, 6) is 0.589. The summed E-state index contributed by atoms with van der Waals surface area (Å²) >= 11 is 0. The van der Waals surface area contributed by atoms with Gasteiger partial charge in [-0.2, -0.15) is 0 Å². The molecule has 0 radical (unpaired) electrons. The average molecular weight is 378 g/mol. The maximum Gasteiger partial charge on any atom is 0.163 e. The van der Waals surface area contributed by atoms with Gasteiger partial charge < -0.3 is 14.8 Å². The van der Waals surface area contributed by atoms with Gasteiger partial charge in [-0.3, -0.25) is 4.79 Å². The normalized spacial score (nSPS) is 11.5. The second-order valence-corrected chi connectivity index (χ2v) is 8.16. The fraction of sp³-hybridized carbons (Fsp3) is 0.375. The van der Waals surface area contributed by atoms with Crippen LogP contribution in [-0.4, -0.2) is 35.9 Å². The number of anilines is 2. The minimum Gasteiger partial charge on any atom is -0.356 e. The van der Waals surface area contributed by atoms with E-state index in [1.54, 1.807) is 0 Å². The highest BCUT2D eigenvalue weighted by atomic mass is 16.1. The van der Waals surface area contributed by atoms with Gasteiger partial charge in [-0.25, -0.2) is 0 Å². The molecule has 3 aromatic rings. The summed E-state index contributed by atoms with van der Waals surface area (Å²) in [7, 11) is 4.22. The lowest BCUT2D eigenvalue weighted by Gasteiger charge is -2.11. The van der Waals surface area contributed by atoms with Crippen LogP contribution in [0.1, 0.15) is 37.0 Å². The summed E-state index contributed by atoms with van der Waals surface area (Å²) in [4.78, 5) is 14.4. The molecule has 0 unspecified atom stereocenters. The topological polar surface area (TPSA) is 37.3 Å². The van der Waals surface area contributed by atoms with E-state index >= 15 is 0 Å². The summed E-state index contributed by atoms with van der Waals surface area (Å²) in [5, 5.41) is 4.68. The largest absolute Gasteiger partial charge is 0.356 e. The Bertz CT molecular complexity index is 923. The molecule has 0 fully saturated rings. The Hall–Kier alpha value is -2.59. The van der Waals surface area contributed by atoms with Crippen molar-refractivity contribution in [2.24, 2.45) is 5.92 Å². The fourth-order valence-corrected chi connectivity index (χ4v) is 3.42. The van der Waals surface area contributed by atoms with Gasteiger partial charge in [-0.1, -0.05) is 13.8 Å². The van der Waals surface area contributed by atoms with Crippen LogP contribution in [0.25, 0.3) is 10.9 Å². The zero-order valence-electron chi connectivity index (χ0n) is 17.4. The van der Waals surface area contributed by atoms with Crippen LogP contribution in [0.15, 0.2) is 54.7 Å². The third kappa shape index (κ3) is 5.23. The number of carbonyl (C=O) groups is 1. The van der Waals surface area contributed by atoms with E-state index in [-0.39, 0.29) is 5.78 Å². The lowest BCUT2D eigenvalue weighted by Crippen LogP contribution is -2.14. The number of carbonyl (C=O) groups excluding carboxylic acids is 1. The summed E-state index contributed by atoms with van der Waals surface area (Å²) in [6, 6.07) is 16.4. The highest BCUT2D eigenvalue weighted by Crippen LogP contribution is 2.24. The summed E-state index contributed by atoms with van der Waals surface area (Å²) in [6.07, 6.45) is 3.90. The Morgan fingerprint density at radius 2 is 1.75 bits per heavy atom. The van der Waals surface area contributed by atoms with Crippen molar-refractivity contribution in [1.29, 1.82) is 0 Å². The SMILES string of the molecule is CC(C)CC(=O)c1ccc(Nc2ccc3c(ccn3CCCN(C)C)c2)cc1. The predicted octanol–water partition coefficient (Wildman–Crippen LogP) is 5.57. The molecule has 0 atom stereocenters. The molecule has 148 valence electrons. The molecule has 2 aromatic carbocycles. The van der Waals surface area contributed by atoms with Gasteiger partial charge in [0, 0.05) is 47.0 Å². The number of fused-ring (bicyclic) bond motifs is 1. The Morgan fingerprint density at radius 3 is 2.43 bits per heavy atom. The van der Waals surface area contributed by atoms with E-state index in [4.69, 9.17) is 0 Å². The third-order valence-electron chi connectivity index (χ3n) is 4.86.